The molecule has 0 aliphatic rings. The van der Waals surface area contributed by atoms with Crippen molar-refractivity contribution in [1.29, 1.82) is 0 Å². The average molecular weight is 197 g/mol. The fourth-order valence-electron chi connectivity index (χ4n) is 1.19. The second-order valence-electron chi connectivity index (χ2n) is 3.09. The van der Waals surface area contributed by atoms with E-state index in [2.05, 4.69) is 5.32 Å². The van der Waals surface area contributed by atoms with Crippen LogP contribution < -0.4 is 5.32 Å². The fraction of sp³-hybridized carbons (Fsp3) is 0.273. The highest BCUT2D eigenvalue weighted by atomic mass is 19.2. The van der Waals surface area contributed by atoms with E-state index < -0.39 is 11.6 Å². The molecule has 0 aromatic heterocycles. The molecule has 0 unspecified atom stereocenters. The van der Waals surface area contributed by atoms with Crippen molar-refractivity contribution in [2.75, 3.05) is 5.32 Å². The summed E-state index contributed by atoms with van der Waals surface area (Å²) in [5.74, 6) is -1.66. The first-order valence-corrected chi connectivity index (χ1v) is 4.48. The molecule has 0 saturated carbocycles. The predicted octanol–water partition coefficient (Wildman–Crippen LogP) is 3.34. The van der Waals surface area contributed by atoms with E-state index in [0.717, 1.165) is 12.1 Å². The standard InChI is InChI=1S/C11H13F2N/c1-3-4-8(2)14-9-5-6-10(12)11(13)7-9/h3-8,14H,1-2H3/b4-3+/t8-/m0/s1. The second kappa shape index (κ2) is 4.74. The van der Waals surface area contributed by atoms with Crippen molar-refractivity contribution in [2.24, 2.45) is 0 Å². The van der Waals surface area contributed by atoms with Crippen molar-refractivity contribution in [3.05, 3.63) is 42.0 Å². The lowest BCUT2D eigenvalue weighted by Gasteiger charge is -2.10. The molecular weight excluding hydrogens is 184 g/mol. The summed E-state index contributed by atoms with van der Waals surface area (Å²) in [6.45, 7) is 3.84. The van der Waals surface area contributed by atoms with Gasteiger partial charge in [0.15, 0.2) is 11.6 Å². The Morgan fingerprint density at radius 1 is 1.29 bits per heavy atom. The lowest BCUT2D eigenvalue weighted by molar-refractivity contribution is 0.509. The van der Waals surface area contributed by atoms with Crippen molar-refractivity contribution >= 4 is 5.69 Å². The summed E-state index contributed by atoms with van der Waals surface area (Å²) in [6.07, 6.45) is 3.83. The number of hydrogen-bond donors (Lipinski definition) is 1. The van der Waals surface area contributed by atoms with Crippen molar-refractivity contribution in [3.8, 4) is 0 Å². The third-order valence-electron chi connectivity index (χ3n) is 1.80. The van der Waals surface area contributed by atoms with Crippen molar-refractivity contribution in [1.82, 2.24) is 0 Å². The molecule has 0 aliphatic heterocycles. The van der Waals surface area contributed by atoms with Crippen LogP contribution in [0.25, 0.3) is 0 Å². The van der Waals surface area contributed by atoms with Gasteiger partial charge in [-0.25, -0.2) is 8.78 Å². The van der Waals surface area contributed by atoms with E-state index in [1.807, 2.05) is 26.0 Å². The van der Waals surface area contributed by atoms with Gasteiger partial charge < -0.3 is 5.32 Å². The first-order valence-electron chi connectivity index (χ1n) is 4.48. The number of allylic oxidation sites excluding steroid dienone is 1. The maximum atomic E-state index is 12.8. The molecule has 0 fully saturated rings. The predicted molar refractivity (Wildman–Crippen MR) is 54.3 cm³/mol. The summed E-state index contributed by atoms with van der Waals surface area (Å²) in [7, 11) is 0. The zero-order valence-corrected chi connectivity index (χ0v) is 8.22. The number of nitrogens with one attached hydrogen (secondary N) is 1. The van der Waals surface area contributed by atoms with Gasteiger partial charge in [-0.2, -0.15) is 0 Å². The Kier molecular flexibility index (Phi) is 3.63. The smallest absolute Gasteiger partial charge is 0.160 e. The van der Waals surface area contributed by atoms with Crippen LogP contribution in [0.1, 0.15) is 13.8 Å². The van der Waals surface area contributed by atoms with Crippen LogP contribution in [0.4, 0.5) is 14.5 Å². The SMILES string of the molecule is C/C=C/[C@H](C)Nc1ccc(F)c(F)c1. The number of hydrogen-bond acceptors (Lipinski definition) is 1. The van der Waals surface area contributed by atoms with E-state index in [1.165, 1.54) is 6.07 Å². The molecule has 0 amide bonds. The van der Waals surface area contributed by atoms with Gasteiger partial charge in [0.05, 0.1) is 0 Å². The number of halogens is 2. The van der Waals surface area contributed by atoms with Crippen LogP contribution in [0.5, 0.6) is 0 Å². The highest BCUT2D eigenvalue weighted by Crippen LogP contribution is 2.14. The largest absolute Gasteiger partial charge is 0.379 e. The van der Waals surface area contributed by atoms with Gasteiger partial charge in [0.25, 0.3) is 0 Å². The third-order valence-corrected chi connectivity index (χ3v) is 1.80. The summed E-state index contributed by atoms with van der Waals surface area (Å²) in [6, 6.07) is 3.87. The van der Waals surface area contributed by atoms with E-state index in [4.69, 9.17) is 0 Å². The monoisotopic (exact) mass is 197 g/mol. The molecule has 1 atom stereocenters. The highest BCUT2D eigenvalue weighted by Gasteiger charge is 2.03. The Bertz CT molecular complexity index is 334. The molecule has 0 radical (unpaired) electrons. The summed E-state index contributed by atoms with van der Waals surface area (Å²) < 4.78 is 25.3. The zero-order chi connectivity index (χ0) is 10.6. The van der Waals surface area contributed by atoms with Crippen LogP contribution in [-0.2, 0) is 0 Å². The molecular formula is C11H13F2N. The van der Waals surface area contributed by atoms with Gasteiger partial charge in [0.1, 0.15) is 0 Å². The minimum Gasteiger partial charge on any atom is -0.379 e. The quantitative estimate of drug-likeness (QED) is 0.733. The molecule has 1 rings (SSSR count). The fourth-order valence-corrected chi connectivity index (χ4v) is 1.19. The van der Waals surface area contributed by atoms with Crippen molar-refractivity contribution in [3.63, 3.8) is 0 Å². The van der Waals surface area contributed by atoms with Crippen LogP contribution >= 0.6 is 0 Å². The topological polar surface area (TPSA) is 12.0 Å². The van der Waals surface area contributed by atoms with Gasteiger partial charge in [-0.1, -0.05) is 12.2 Å². The molecule has 0 saturated heterocycles. The lowest BCUT2D eigenvalue weighted by Crippen LogP contribution is -2.11. The van der Waals surface area contributed by atoms with E-state index in [1.54, 1.807) is 0 Å². The number of rotatable bonds is 3. The Morgan fingerprint density at radius 2 is 2.00 bits per heavy atom. The Balaban J connectivity index is 2.73. The summed E-state index contributed by atoms with van der Waals surface area (Å²) in [5, 5.41) is 3.02. The van der Waals surface area contributed by atoms with Crippen molar-refractivity contribution < 1.29 is 8.78 Å². The normalized spacial score (nSPS) is 13.1. The molecule has 14 heavy (non-hydrogen) atoms. The minimum absolute atomic E-state index is 0.102. The lowest BCUT2D eigenvalue weighted by atomic mass is 10.2. The van der Waals surface area contributed by atoms with Crippen molar-refractivity contribution in [2.45, 2.75) is 19.9 Å². The van der Waals surface area contributed by atoms with E-state index in [0.29, 0.717) is 5.69 Å². The van der Waals surface area contributed by atoms with Gasteiger partial charge in [-0.3, -0.25) is 0 Å². The Hall–Kier alpha value is -1.38. The first kappa shape index (κ1) is 10.7. The van der Waals surface area contributed by atoms with Crippen LogP contribution in [0.2, 0.25) is 0 Å². The summed E-state index contributed by atoms with van der Waals surface area (Å²) >= 11 is 0. The Labute approximate surface area is 82.4 Å². The second-order valence-corrected chi connectivity index (χ2v) is 3.09. The molecule has 0 spiro atoms. The van der Waals surface area contributed by atoms with Crippen LogP contribution in [0, 0.1) is 11.6 Å². The Morgan fingerprint density at radius 3 is 2.57 bits per heavy atom. The molecule has 1 aromatic rings. The van der Waals surface area contributed by atoms with Crippen LogP contribution in [0.3, 0.4) is 0 Å². The minimum atomic E-state index is -0.831. The van der Waals surface area contributed by atoms with E-state index in [9.17, 15) is 8.78 Å². The molecule has 3 heteroatoms. The van der Waals surface area contributed by atoms with E-state index in [-0.39, 0.29) is 6.04 Å². The maximum Gasteiger partial charge on any atom is 0.160 e. The first-order chi connectivity index (χ1) is 6.63. The number of benzene rings is 1. The van der Waals surface area contributed by atoms with Crippen LogP contribution in [0.15, 0.2) is 30.4 Å². The zero-order valence-electron chi connectivity index (χ0n) is 8.22. The van der Waals surface area contributed by atoms with Gasteiger partial charge >= 0.3 is 0 Å². The molecule has 0 heterocycles. The van der Waals surface area contributed by atoms with Gasteiger partial charge in [-0.15, -0.1) is 0 Å². The number of anilines is 1. The van der Waals surface area contributed by atoms with Gasteiger partial charge in [0.2, 0.25) is 0 Å². The summed E-state index contributed by atoms with van der Waals surface area (Å²) in [4.78, 5) is 0. The molecule has 76 valence electrons. The third kappa shape index (κ3) is 2.83. The molecule has 1 N–H and O–H groups in total. The maximum absolute atomic E-state index is 12.8. The van der Waals surface area contributed by atoms with Crippen LogP contribution in [-0.4, -0.2) is 6.04 Å². The molecule has 0 aliphatic carbocycles. The highest BCUT2D eigenvalue weighted by molar-refractivity contribution is 5.45. The van der Waals surface area contributed by atoms with E-state index >= 15 is 0 Å². The van der Waals surface area contributed by atoms with Gasteiger partial charge in [-0.05, 0) is 26.0 Å². The molecule has 1 aromatic carbocycles. The average Bonchev–Trinajstić information content (AvgIpc) is 2.12. The summed E-state index contributed by atoms with van der Waals surface area (Å²) in [5.41, 5.74) is 0.578. The molecule has 1 nitrogen and oxygen atoms in total. The molecule has 0 bridgehead atoms. The van der Waals surface area contributed by atoms with Gasteiger partial charge in [0, 0.05) is 17.8 Å².